The molecule has 3 N–H and O–H groups in total. The summed E-state index contributed by atoms with van der Waals surface area (Å²) in [4.78, 5) is 29.9. The molecule has 14 heteroatoms. The minimum Gasteiger partial charge on any atom is -0.497 e. The molecular formula is C24H24N6O7S. The van der Waals surface area contributed by atoms with Crippen LogP contribution in [0.2, 0.25) is 0 Å². The summed E-state index contributed by atoms with van der Waals surface area (Å²) in [5.74, 6) is -1.62. The molecule has 0 radical (unpaired) electrons. The van der Waals surface area contributed by atoms with Crippen LogP contribution < -0.4 is 19.9 Å². The number of nitrogens with zero attached hydrogens (tertiary/aromatic N) is 4. The van der Waals surface area contributed by atoms with E-state index in [0.29, 0.717) is 35.8 Å². The number of anilines is 2. The predicted octanol–water partition coefficient (Wildman–Crippen LogP) is 1.43. The Bertz CT molecular complexity index is 1520. The summed E-state index contributed by atoms with van der Waals surface area (Å²) >= 11 is 0. The molecule has 0 aliphatic carbocycles. The van der Waals surface area contributed by atoms with Gasteiger partial charge in [0.15, 0.2) is 5.69 Å². The second kappa shape index (κ2) is 9.79. The monoisotopic (exact) mass is 540 g/mol. The maximum absolute atomic E-state index is 13.8. The van der Waals surface area contributed by atoms with Gasteiger partial charge in [0.2, 0.25) is 0 Å². The molecule has 13 nitrogen and oxygen atoms in total. The highest BCUT2D eigenvalue weighted by atomic mass is 32.2. The van der Waals surface area contributed by atoms with Crippen LogP contribution in [-0.2, 0) is 21.3 Å². The minimum atomic E-state index is -4.45. The number of hydrogen-bond acceptors (Lipinski definition) is 8. The lowest BCUT2D eigenvalue weighted by atomic mass is 10.0. The summed E-state index contributed by atoms with van der Waals surface area (Å²) in [6.07, 6.45) is 0.276. The van der Waals surface area contributed by atoms with Gasteiger partial charge in [-0.3, -0.25) is 24.5 Å². The minimum absolute atomic E-state index is 0.0691. The average Bonchev–Trinajstić information content (AvgIpc) is 3.51. The molecule has 0 bridgehead atoms. The second-order valence-corrected chi connectivity index (χ2v) is 10.00. The van der Waals surface area contributed by atoms with Gasteiger partial charge in [-0.25, -0.2) is 4.68 Å². The number of methoxy groups -OCH3 is 1. The topological polar surface area (TPSA) is 167 Å². The number of ether oxygens (including phenoxy) is 2. The molecule has 198 valence electrons. The largest absolute Gasteiger partial charge is 0.497 e. The Morgan fingerprint density at radius 3 is 2.29 bits per heavy atom. The Labute approximate surface area is 217 Å². The molecule has 1 fully saturated rings. The number of carbonyl (C=O) groups is 2. The standard InChI is InChI=1S/C24H24N6O7S/c1-36-18-8-6-17(7-9-18)30-21-19(20(27-30)22(31)26-14-38(33,34)35)10-11-28(23(21)32)15-2-4-16(5-3-15)29-12-13-37-24(29)25/h2-9,25H,10-14H2,1H3,(H,26,31)(H,33,34,35). The van der Waals surface area contributed by atoms with Crippen LogP contribution in [0.15, 0.2) is 48.5 Å². The van der Waals surface area contributed by atoms with Crippen LogP contribution in [0.1, 0.15) is 26.5 Å². The van der Waals surface area contributed by atoms with E-state index in [-0.39, 0.29) is 30.4 Å². The van der Waals surface area contributed by atoms with E-state index in [1.54, 1.807) is 58.3 Å². The molecule has 5 rings (SSSR count). The Kier molecular flexibility index (Phi) is 6.50. The quantitative estimate of drug-likeness (QED) is 0.376. The van der Waals surface area contributed by atoms with E-state index in [1.165, 1.54) is 11.8 Å². The van der Waals surface area contributed by atoms with E-state index in [4.69, 9.17) is 19.4 Å². The Hall–Kier alpha value is -4.43. The lowest BCUT2D eigenvalue weighted by Crippen LogP contribution is -2.39. The summed E-state index contributed by atoms with van der Waals surface area (Å²) in [7, 11) is -2.93. The fourth-order valence-electron chi connectivity index (χ4n) is 4.41. The van der Waals surface area contributed by atoms with Gasteiger partial charge >= 0.3 is 0 Å². The number of amides is 2. The van der Waals surface area contributed by atoms with E-state index in [9.17, 15) is 18.0 Å². The first-order chi connectivity index (χ1) is 18.2. The predicted molar refractivity (Wildman–Crippen MR) is 137 cm³/mol. The summed E-state index contributed by atoms with van der Waals surface area (Å²) in [6.45, 7) is 1.25. The molecule has 3 heterocycles. The smallest absolute Gasteiger partial charge is 0.289 e. The lowest BCUT2D eigenvalue weighted by Gasteiger charge is -2.28. The molecular weight excluding hydrogens is 516 g/mol. The van der Waals surface area contributed by atoms with E-state index >= 15 is 0 Å². The van der Waals surface area contributed by atoms with Crippen LogP contribution in [0.3, 0.4) is 0 Å². The van der Waals surface area contributed by atoms with Gasteiger partial charge in [0.05, 0.1) is 19.3 Å². The number of benzene rings is 2. The zero-order valence-electron chi connectivity index (χ0n) is 20.2. The molecule has 3 aromatic rings. The van der Waals surface area contributed by atoms with Gasteiger partial charge in [-0.05, 0) is 55.0 Å². The van der Waals surface area contributed by atoms with Crippen molar-refractivity contribution in [1.29, 1.82) is 5.41 Å². The number of nitrogens with one attached hydrogen (secondary N) is 2. The number of carbonyl (C=O) groups excluding carboxylic acids is 2. The molecule has 2 aliphatic heterocycles. The van der Waals surface area contributed by atoms with Crippen molar-refractivity contribution in [2.75, 3.05) is 42.5 Å². The first kappa shape index (κ1) is 25.2. The van der Waals surface area contributed by atoms with Crippen molar-refractivity contribution in [1.82, 2.24) is 15.1 Å². The molecule has 0 unspecified atom stereocenters. The van der Waals surface area contributed by atoms with Gasteiger partial charge in [0, 0.05) is 23.5 Å². The van der Waals surface area contributed by atoms with Crippen molar-refractivity contribution >= 4 is 39.3 Å². The number of aromatic nitrogens is 2. The van der Waals surface area contributed by atoms with E-state index < -0.39 is 27.8 Å². The van der Waals surface area contributed by atoms with Crippen molar-refractivity contribution in [3.63, 3.8) is 0 Å². The molecule has 1 aromatic heterocycles. The van der Waals surface area contributed by atoms with Crippen molar-refractivity contribution in [2.24, 2.45) is 0 Å². The van der Waals surface area contributed by atoms with Gasteiger partial charge in [-0.2, -0.15) is 13.5 Å². The molecule has 1 saturated heterocycles. The van der Waals surface area contributed by atoms with Gasteiger partial charge in [-0.1, -0.05) is 0 Å². The molecule has 0 spiro atoms. The number of amidine groups is 1. The van der Waals surface area contributed by atoms with Crippen LogP contribution >= 0.6 is 0 Å². The average molecular weight is 541 g/mol. The number of rotatable bonds is 7. The third-order valence-corrected chi connectivity index (χ3v) is 6.74. The molecule has 2 aliphatic rings. The summed E-state index contributed by atoms with van der Waals surface area (Å²) < 4.78 is 43.1. The summed E-state index contributed by atoms with van der Waals surface area (Å²) in [6, 6.07) is 14.0. The zero-order chi connectivity index (χ0) is 27.0. The van der Waals surface area contributed by atoms with Crippen LogP contribution in [0.4, 0.5) is 11.4 Å². The van der Waals surface area contributed by atoms with E-state index in [0.717, 1.165) is 5.69 Å². The molecule has 38 heavy (non-hydrogen) atoms. The number of hydrogen-bond donors (Lipinski definition) is 3. The lowest BCUT2D eigenvalue weighted by molar-refractivity contribution is 0.0952. The molecule has 2 amide bonds. The van der Waals surface area contributed by atoms with Crippen molar-refractivity contribution in [2.45, 2.75) is 6.42 Å². The highest BCUT2D eigenvalue weighted by molar-refractivity contribution is 7.85. The summed E-state index contributed by atoms with van der Waals surface area (Å²) in [5.41, 5.74) is 2.31. The third-order valence-electron chi connectivity index (χ3n) is 6.24. The van der Waals surface area contributed by atoms with Gasteiger partial charge < -0.3 is 19.7 Å². The van der Waals surface area contributed by atoms with E-state index in [2.05, 4.69) is 10.4 Å². The van der Waals surface area contributed by atoms with Crippen LogP contribution in [0.5, 0.6) is 5.75 Å². The summed E-state index contributed by atoms with van der Waals surface area (Å²) in [5, 5.41) is 14.4. The maximum atomic E-state index is 13.8. The molecule has 0 atom stereocenters. The van der Waals surface area contributed by atoms with Gasteiger partial charge in [0.1, 0.15) is 23.9 Å². The Balaban J connectivity index is 1.51. The third kappa shape index (κ3) is 4.78. The highest BCUT2D eigenvalue weighted by Gasteiger charge is 2.35. The zero-order valence-corrected chi connectivity index (χ0v) is 21.1. The fourth-order valence-corrected chi connectivity index (χ4v) is 4.72. The Morgan fingerprint density at radius 1 is 1.08 bits per heavy atom. The first-order valence-corrected chi connectivity index (χ1v) is 13.2. The maximum Gasteiger partial charge on any atom is 0.289 e. The molecule has 0 saturated carbocycles. The van der Waals surface area contributed by atoms with Crippen molar-refractivity contribution < 1.29 is 32.0 Å². The van der Waals surface area contributed by atoms with Crippen molar-refractivity contribution in [3.8, 4) is 11.4 Å². The van der Waals surface area contributed by atoms with Crippen molar-refractivity contribution in [3.05, 3.63) is 65.5 Å². The number of fused-ring (bicyclic) bond motifs is 1. The van der Waals surface area contributed by atoms with Gasteiger partial charge in [0.25, 0.3) is 28.0 Å². The fraction of sp³-hybridized carbons (Fsp3) is 0.250. The van der Waals surface area contributed by atoms with Crippen LogP contribution in [-0.4, -0.2) is 73.3 Å². The molecule has 2 aromatic carbocycles. The normalized spacial score (nSPS) is 15.3. The van der Waals surface area contributed by atoms with Crippen LogP contribution in [0, 0.1) is 5.41 Å². The Morgan fingerprint density at radius 2 is 1.71 bits per heavy atom. The highest BCUT2D eigenvalue weighted by Crippen LogP contribution is 2.31. The van der Waals surface area contributed by atoms with Crippen LogP contribution in [0.25, 0.3) is 5.69 Å². The second-order valence-electron chi connectivity index (χ2n) is 8.55. The SMILES string of the molecule is COc1ccc(-n2nc(C(=O)NCS(=O)(=O)O)c3c2C(=O)N(c2ccc(N4CCOC4=N)cc2)CC3)cc1. The van der Waals surface area contributed by atoms with E-state index in [1.807, 2.05) is 0 Å². The first-order valence-electron chi connectivity index (χ1n) is 11.6. The van der Waals surface area contributed by atoms with Gasteiger partial charge in [-0.15, -0.1) is 0 Å².